The van der Waals surface area contributed by atoms with Gasteiger partial charge in [0.25, 0.3) is 5.91 Å². The van der Waals surface area contributed by atoms with Gasteiger partial charge >= 0.3 is 0 Å². The Hall–Kier alpha value is -1.66. The van der Waals surface area contributed by atoms with Gasteiger partial charge in [-0.25, -0.2) is 0 Å². The van der Waals surface area contributed by atoms with Crippen LogP contribution in [0.2, 0.25) is 5.02 Å². The molecule has 2 rings (SSSR count). The summed E-state index contributed by atoms with van der Waals surface area (Å²) in [5, 5.41) is 6.88. The van der Waals surface area contributed by atoms with E-state index in [4.69, 9.17) is 17.3 Å². The van der Waals surface area contributed by atoms with Crippen molar-refractivity contribution >= 4 is 40.4 Å². The fraction of sp³-hybridized carbons (Fsp3) is 0.100. The molecule has 1 heterocycles. The predicted molar refractivity (Wildman–Crippen MR) is 68.5 cm³/mol. The number of anilines is 2. The van der Waals surface area contributed by atoms with E-state index < -0.39 is 0 Å². The molecule has 0 spiro atoms. The van der Waals surface area contributed by atoms with E-state index in [2.05, 4.69) is 14.9 Å². The first-order chi connectivity index (χ1) is 8.08. The van der Waals surface area contributed by atoms with E-state index in [9.17, 15) is 4.79 Å². The Morgan fingerprint density at radius 2 is 2.29 bits per heavy atom. The Bertz CT molecular complexity index is 569. The molecule has 2 aromatic rings. The standard InChI is InChI=1S/C10H9ClN4OS/c1-5-9(17-15-14-5)10(16)13-6-2-3-8(12)7(11)4-6/h2-4H,12H2,1H3,(H,13,16). The van der Waals surface area contributed by atoms with Gasteiger partial charge in [-0.1, -0.05) is 16.1 Å². The number of carbonyl (C=O) groups is 1. The van der Waals surface area contributed by atoms with Crippen molar-refractivity contribution < 1.29 is 4.79 Å². The van der Waals surface area contributed by atoms with Crippen LogP contribution in [-0.4, -0.2) is 15.5 Å². The number of nitrogens with two attached hydrogens (primary N) is 1. The summed E-state index contributed by atoms with van der Waals surface area (Å²) in [5.41, 5.74) is 7.24. The number of aromatic nitrogens is 2. The first-order valence-corrected chi connectivity index (χ1v) is 5.88. The molecule has 0 fully saturated rings. The molecule has 0 aliphatic heterocycles. The quantitative estimate of drug-likeness (QED) is 0.819. The van der Waals surface area contributed by atoms with Crippen molar-refractivity contribution in [2.24, 2.45) is 0 Å². The summed E-state index contributed by atoms with van der Waals surface area (Å²) in [5.74, 6) is -0.252. The normalized spacial score (nSPS) is 10.2. The van der Waals surface area contributed by atoms with E-state index in [1.807, 2.05) is 0 Å². The van der Waals surface area contributed by atoms with Gasteiger partial charge < -0.3 is 11.1 Å². The molecule has 3 N–H and O–H groups in total. The van der Waals surface area contributed by atoms with Gasteiger partial charge in [-0.2, -0.15) is 0 Å². The van der Waals surface area contributed by atoms with Crippen LogP contribution in [0.5, 0.6) is 0 Å². The van der Waals surface area contributed by atoms with Crippen LogP contribution in [0.1, 0.15) is 15.4 Å². The maximum absolute atomic E-state index is 11.8. The average molecular weight is 269 g/mol. The summed E-state index contributed by atoms with van der Waals surface area (Å²) < 4.78 is 3.70. The summed E-state index contributed by atoms with van der Waals surface area (Å²) in [4.78, 5) is 12.3. The molecule has 0 saturated carbocycles. The highest BCUT2D eigenvalue weighted by atomic mass is 35.5. The molecule has 7 heteroatoms. The lowest BCUT2D eigenvalue weighted by Crippen LogP contribution is -2.11. The minimum absolute atomic E-state index is 0.252. The fourth-order valence-corrected chi connectivity index (χ4v) is 1.96. The number of halogens is 1. The minimum atomic E-state index is -0.252. The lowest BCUT2D eigenvalue weighted by molar-refractivity contribution is 0.103. The Morgan fingerprint density at radius 1 is 1.53 bits per heavy atom. The number of hydrogen-bond acceptors (Lipinski definition) is 5. The van der Waals surface area contributed by atoms with Crippen LogP contribution in [0.3, 0.4) is 0 Å². The molecule has 0 aliphatic rings. The summed E-state index contributed by atoms with van der Waals surface area (Å²) in [6, 6.07) is 4.91. The molecule has 0 unspecified atom stereocenters. The third kappa shape index (κ3) is 2.54. The van der Waals surface area contributed by atoms with Crippen LogP contribution in [0.25, 0.3) is 0 Å². The van der Waals surface area contributed by atoms with Crippen LogP contribution in [0.4, 0.5) is 11.4 Å². The van der Waals surface area contributed by atoms with Gasteiger partial charge in [-0.3, -0.25) is 4.79 Å². The van der Waals surface area contributed by atoms with Crippen LogP contribution >= 0.6 is 23.1 Å². The molecular weight excluding hydrogens is 260 g/mol. The van der Waals surface area contributed by atoms with Crippen molar-refractivity contribution in [3.8, 4) is 0 Å². The van der Waals surface area contributed by atoms with Crippen LogP contribution in [-0.2, 0) is 0 Å². The number of rotatable bonds is 2. The molecule has 1 aromatic heterocycles. The molecule has 17 heavy (non-hydrogen) atoms. The topological polar surface area (TPSA) is 80.9 Å². The largest absolute Gasteiger partial charge is 0.398 e. The van der Waals surface area contributed by atoms with Gasteiger partial charge in [-0.05, 0) is 36.7 Å². The first kappa shape index (κ1) is 11.8. The summed E-state index contributed by atoms with van der Waals surface area (Å²) in [7, 11) is 0. The van der Waals surface area contributed by atoms with Gasteiger partial charge in [-0.15, -0.1) is 5.10 Å². The zero-order valence-corrected chi connectivity index (χ0v) is 10.5. The highest BCUT2D eigenvalue weighted by molar-refractivity contribution is 7.08. The number of hydrogen-bond donors (Lipinski definition) is 2. The van der Waals surface area contributed by atoms with E-state index in [0.29, 0.717) is 27.0 Å². The zero-order chi connectivity index (χ0) is 12.4. The highest BCUT2D eigenvalue weighted by Crippen LogP contribution is 2.23. The highest BCUT2D eigenvalue weighted by Gasteiger charge is 2.13. The Morgan fingerprint density at radius 3 is 2.88 bits per heavy atom. The maximum atomic E-state index is 11.8. The van der Waals surface area contributed by atoms with Gasteiger partial charge in [0.15, 0.2) is 0 Å². The molecule has 1 amide bonds. The number of nitrogens with zero attached hydrogens (tertiary/aromatic N) is 2. The molecule has 5 nitrogen and oxygen atoms in total. The van der Waals surface area contributed by atoms with Crippen molar-refractivity contribution in [1.82, 2.24) is 9.59 Å². The van der Waals surface area contributed by atoms with E-state index in [1.165, 1.54) is 0 Å². The molecule has 0 aliphatic carbocycles. The molecule has 0 atom stereocenters. The smallest absolute Gasteiger partial charge is 0.269 e. The number of amides is 1. The third-order valence-corrected chi connectivity index (χ3v) is 3.27. The van der Waals surface area contributed by atoms with Gasteiger partial charge in [0.05, 0.1) is 16.4 Å². The second kappa shape index (κ2) is 4.68. The van der Waals surface area contributed by atoms with Gasteiger partial charge in [0, 0.05) is 5.69 Å². The number of nitrogens with one attached hydrogen (secondary N) is 1. The number of carbonyl (C=O) groups excluding carboxylic acids is 1. The SMILES string of the molecule is Cc1nnsc1C(=O)Nc1ccc(N)c(Cl)c1. The summed E-state index contributed by atoms with van der Waals surface area (Å²) >= 11 is 6.91. The van der Waals surface area contributed by atoms with Crippen LogP contribution in [0, 0.1) is 6.92 Å². The third-order valence-electron chi connectivity index (χ3n) is 2.12. The number of benzene rings is 1. The number of nitrogen functional groups attached to an aromatic ring is 1. The lowest BCUT2D eigenvalue weighted by atomic mass is 10.2. The van der Waals surface area contributed by atoms with E-state index >= 15 is 0 Å². The summed E-state index contributed by atoms with van der Waals surface area (Å²) in [6.07, 6.45) is 0. The van der Waals surface area contributed by atoms with Crippen molar-refractivity contribution in [1.29, 1.82) is 0 Å². The number of aryl methyl sites for hydroxylation is 1. The fourth-order valence-electron chi connectivity index (χ4n) is 1.23. The average Bonchev–Trinajstić information content (AvgIpc) is 2.70. The van der Waals surface area contributed by atoms with Crippen LogP contribution < -0.4 is 11.1 Å². The predicted octanol–water partition coefficient (Wildman–Crippen LogP) is 2.33. The monoisotopic (exact) mass is 268 g/mol. The molecule has 0 bridgehead atoms. The zero-order valence-electron chi connectivity index (χ0n) is 8.90. The van der Waals surface area contributed by atoms with E-state index in [1.54, 1.807) is 25.1 Å². The first-order valence-electron chi connectivity index (χ1n) is 4.73. The van der Waals surface area contributed by atoms with E-state index in [0.717, 1.165) is 11.5 Å². The second-order valence-electron chi connectivity index (χ2n) is 3.38. The van der Waals surface area contributed by atoms with E-state index in [-0.39, 0.29) is 5.91 Å². The summed E-state index contributed by atoms with van der Waals surface area (Å²) in [6.45, 7) is 1.73. The van der Waals surface area contributed by atoms with Crippen molar-refractivity contribution in [2.45, 2.75) is 6.92 Å². The minimum Gasteiger partial charge on any atom is -0.398 e. The second-order valence-corrected chi connectivity index (χ2v) is 4.54. The molecular formula is C10H9ClN4OS. The lowest BCUT2D eigenvalue weighted by Gasteiger charge is -2.05. The maximum Gasteiger partial charge on any atom is 0.269 e. The molecule has 0 saturated heterocycles. The molecule has 0 radical (unpaired) electrons. The molecule has 88 valence electrons. The van der Waals surface area contributed by atoms with Crippen molar-refractivity contribution in [2.75, 3.05) is 11.1 Å². The Labute approximate surface area is 107 Å². The van der Waals surface area contributed by atoms with Crippen molar-refractivity contribution in [3.05, 3.63) is 33.8 Å². The van der Waals surface area contributed by atoms with Crippen LogP contribution in [0.15, 0.2) is 18.2 Å². The van der Waals surface area contributed by atoms with Crippen molar-refractivity contribution in [3.63, 3.8) is 0 Å². The Kier molecular flexibility index (Phi) is 3.26. The Balaban J connectivity index is 2.19. The van der Waals surface area contributed by atoms with Gasteiger partial charge in [0.1, 0.15) is 4.88 Å². The van der Waals surface area contributed by atoms with Gasteiger partial charge in [0.2, 0.25) is 0 Å². The molecule has 1 aromatic carbocycles.